The lowest BCUT2D eigenvalue weighted by atomic mass is 10.0. The lowest BCUT2D eigenvalue weighted by Crippen LogP contribution is -2.41. The number of amides is 1. The minimum absolute atomic E-state index is 0.0195. The van der Waals surface area contributed by atoms with E-state index in [0.717, 1.165) is 6.42 Å². The second kappa shape index (κ2) is 9.34. The first-order valence-corrected chi connectivity index (χ1v) is 7.39. The monoisotopic (exact) mass is 296 g/mol. The molecule has 0 aromatic heterocycles. The first-order valence-electron chi connectivity index (χ1n) is 7.39. The van der Waals surface area contributed by atoms with Crippen molar-refractivity contribution in [3.05, 3.63) is 30.1 Å². The van der Waals surface area contributed by atoms with Crippen molar-refractivity contribution in [3.63, 3.8) is 0 Å². The van der Waals surface area contributed by atoms with Gasteiger partial charge in [-0.1, -0.05) is 19.9 Å². The van der Waals surface area contributed by atoms with Gasteiger partial charge in [0, 0.05) is 25.1 Å². The van der Waals surface area contributed by atoms with Crippen LogP contribution in [0.4, 0.5) is 4.39 Å². The third kappa shape index (κ3) is 7.66. The van der Waals surface area contributed by atoms with Crippen molar-refractivity contribution in [1.29, 1.82) is 0 Å². The zero-order valence-electron chi connectivity index (χ0n) is 12.8. The normalized spacial score (nSPS) is 12.2. The summed E-state index contributed by atoms with van der Waals surface area (Å²) >= 11 is 0. The average Bonchev–Trinajstić information content (AvgIpc) is 2.42. The average molecular weight is 296 g/mol. The molecule has 4 nitrogen and oxygen atoms in total. The summed E-state index contributed by atoms with van der Waals surface area (Å²) in [5.41, 5.74) is 5.64. The number of carbonyl (C=O) groups excluding carboxylic acids is 1. The molecule has 1 unspecified atom stereocenters. The number of benzene rings is 1. The lowest BCUT2D eigenvalue weighted by molar-refractivity contribution is -0.122. The highest BCUT2D eigenvalue weighted by atomic mass is 19.1. The maximum absolute atomic E-state index is 12.9. The quantitative estimate of drug-likeness (QED) is 0.688. The number of ether oxygens (including phenoxy) is 1. The molecule has 0 saturated heterocycles. The Morgan fingerprint density at radius 2 is 2.19 bits per heavy atom. The van der Waals surface area contributed by atoms with Crippen molar-refractivity contribution in [3.8, 4) is 5.75 Å². The largest absolute Gasteiger partial charge is 0.493 e. The predicted molar refractivity (Wildman–Crippen MR) is 81.6 cm³/mol. The van der Waals surface area contributed by atoms with Crippen LogP contribution in [0.2, 0.25) is 0 Å². The topological polar surface area (TPSA) is 64.3 Å². The Morgan fingerprint density at radius 3 is 2.81 bits per heavy atom. The maximum Gasteiger partial charge on any atom is 0.220 e. The smallest absolute Gasteiger partial charge is 0.220 e. The van der Waals surface area contributed by atoms with Crippen LogP contribution in [0, 0.1) is 11.7 Å². The van der Waals surface area contributed by atoms with Gasteiger partial charge in [-0.15, -0.1) is 0 Å². The van der Waals surface area contributed by atoms with Gasteiger partial charge in [0.1, 0.15) is 11.6 Å². The van der Waals surface area contributed by atoms with E-state index in [0.29, 0.717) is 37.7 Å². The van der Waals surface area contributed by atoms with Crippen molar-refractivity contribution in [2.24, 2.45) is 11.7 Å². The summed E-state index contributed by atoms with van der Waals surface area (Å²) in [7, 11) is 0. The van der Waals surface area contributed by atoms with Crippen LogP contribution < -0.4 is 15.8 Å². The molecule has 118 valence electrons. The molecule has 21 heavy (non-hydrogen) atoms. The molecule has 0 aliphatic carbocycles. The highest BCUT2D eigenvalue weighted by molar-refractivity contribution is 5.76. The van der Waals surface area contributed by atoms with E-state index in [9.17, 15) is 9.18 Å². The fourth-order valence-corrected chi connectivity index (χ4v) is 2.06. The third-order valence-electron chi connectivity index (χ3n) is 3.02. The molecule has 1 aromatic rings. The zero-order chi connectivity index (χ0) is 15.7. The first kappa shape index (κ1) is 17.4. The Hall–Kier alpha value is -1.62. The van der Waals surface area contributed by atoms with Crippen molar-refractivity contribution < 1.29 is 13.9 Å². The number of hydrogen-bond acceptors (Lipinski definition) is 3. The van der Waals surface area contributed by atoms with Crippen molar-refractivity contribution in [2.75, 3.05) is 13.2 Å². The van der Waals surface area contributed by atoms with Crippen LogP contribution in [0.25, 0.3) is 0 Å². The SMILES string of the molecule is CC(C)CC(CN)NC(=O)CCCOc1cccc(F)c1. The molecule has 0 bridgehead atoms. The summed E-state index contributed by atoms with van der Waals surface area (Å²) in [6.45, 7) is 5.03. The van der Waals surface area contributed by atoms with E-state index in [1.54, 1.807) is 12.1 Å². The molecule has 3 N–H and O–H groups in total. The van der Waals surface area contributed by atoms with Gasteiger partial charge in [-0.3, -0.25) is 4.79 Å². The van der Waals surface area contributed by atoms with Gasteiger partial charge in [-0.2, -0.15) is 0 Å². The molecule has 0 spiro atoms. The summed E-state index contributed by atoms with van der Waals surface area (Å²) < 4.78 is 18.3. The summed E-state index contributed by atoms with van der Waals surface area (Å²) in [5.74, 6) is 0.629. The molecule has 1 aromatic carbocycles. The first-order chi connectivity index (χ1) is 10.0. The van der Waals surface area contributed by atoms with E-state index >= 15 is 0 Å². The molecule has 1 atom stereocenters. The second-order valence-corrected chi connectivity index (χ2v) is 5.54. The van der Waals surface area contributed by atoms with Crippen molar-refractivity contribution >= 4 is 5.91 Å². The second-order valence-electron chi connectivity index (χ2n) is 5.54. The summed E-state index contributed by atoms with van der Waals surface area (Å²) in [6, 6.07) is 6.00. The number of nitrogens with two attached hydrogens (primary N) is 1. The van der Waals surface area contributed by atoms with E-state index < -0.39 is 0 Å². The predicted octanol–water partition coefficient (Wildman–Crippen LogP) is 2.47. The van der Waals surface area contributed by atoms with E-state index in [1.165, 1.54) is 12.1 Å². The molecular formula is C16H25FN2O2. The van der Waals surface area contributed by atoms with Crippen LogP contribution in [-0.4, -0.2) is 25.1 Å². The summed E-state index contributed by atoms with van der Waals surface area (Å²) in [5, 5.41) is 2.93. The molecule has 1 amide bonds. The van der Waals surface area contributed by atoms with E-state index in [2.05, 4.69) is 19.2 Å². The van der Waals surface area contributed by atoms with Gasteiger partial charge in [-0.25, -0.2) is 4.39 Å². The molecule has 1 rings (SSSR count). The Labute approximate surface area is 125 Å². The molecule has 0 aliphatic rings. The molecule has 0 radical (unpaired) electrons. The van der Waals surface area contributed by atoms with Gasteiger partial charge in [0.2, 0.25) is 5.91 Å². The van der Waals surface area contributed by atoms with Gasteiger partial charge < -0.3 is 15.8 Å². The zero-order valence-corrected chi connectivity index (χ0v) is 12.8. The fraction of sp³-hybridized carbons (Fsp3) is 0.562. The lowest BCUT2D eigenvalue weighted by Gasteiger charge is -2.18. The van der Waals surface area contributed by atoms with Crippen LogP contribution in [0.1, 0.15) is 33.1 Å². The molecule has 0 fully saturated rings. The Balaban J connectivity index is 2.21. The van der Waals surface area contributed by atoms with Gasteiger partial charge in [0.15, 0.2) is 0 Å². The van der Waals surface area contributed by atoms with Crippen molar-refractivity contribution in [2.45, 2.75) is 39.2 Å². The Kier molecular flexibility index (Phi) is 7.75. The van der Waals surface area contributed by atoms with E-state index in [4.69, 9.17) is 10.5 Å². The highest BCUT2D eigenvalue weighted by Crippen LogP contribution is 2.12. The van der Waals surface area contributed by atoms with Crippen LogP contribution in [0.5, 0.6) is 5.75 Å². The number of hydrogen-bond donors (Lipinski definition) is 2. The summed E-state index contributed by atoms with van der Waals surface area (Å²) in [4.78, 5) is 11.8. The van der Waals surface area contributed by atoms with Gasteiger partial charge in [0.05, 0.1) is 6.61 Å². The molecular weight excluding hydrogens is 271 g/mol. The Morgan fingerprint density at radius 1 is 1.43 bits per heavy atom. The molecule has 0 aliphatic heterocycles. The van der Waals surface area contributed by atoms with Crippen LogP contribution in [0.15, 0.2) is 24.3 Å². The third-order valence-corrected chi connectivity index (χ3v) is 3.02. The summed E-state index contributed by atoms with van der Waals surface area (Å²) in [6.07, 6.45) is 1.84. The fourth-order valence-electron chi connectivity index (χ4n) is 2.06. The number of carbonyl (C=O) groups is 1. The standard InChI is InChI=1S/C16H25FN2O2/c1-12(2)9-14(11-18)19-16(20)7-4-8-21-15-6-3-5-13(17)10-15/h3,5-6,10,12,14H,4,7-9,11,18H2,1-2H3,(H,19,20). The minimum atomic E-state index is -0.329. The Bertz CT molecular complexity index is 438. The highest BCUT2D eigenvalue weighted by Gasteiger charge is 2.12. The number of rotatable bonds is 9. The van der Waals surface area contributed by atoms with Crippen LogP contribution in [-0.2, 0) is 4.79 Å². The molecule has 0 heterocycles. The van der Waals surface area contributed by atoms with Crippen LogP contribution in [0.3, 0.4) is 0 Å². The number of nitrogens with one attached hydrogen (secondary N) is 1. The number of halogens is 1. The van der Waals surface area contributed by atoms with Crippen molar-refractivity contribution in [1.82, 2.24) is 5.32 Å². The van der Waals surface area contributed by atoms with E-state index in [-0.39, 0.29) is 17.8 Å². The van der Waals surface area contributed by atoms with Gasteiger partial charge in [0.25, 0.3) is 0 Å². The minimum Gasteiger partial charge on any atom is -0.493 e. The molecule has 5 heteroatoms. The maximum atomic E-state index is 12.9. The van der Waals surface area contributed by atoms with Crippen LogP contribution >= 0.6 is 0 Å². The van der Waals surface area contributed by atoms with E-state index in [1.807, 2.05) is 0 Å². The van der Waals surface area contributed by atoms with Gasteiger partial charge in [-0.05, 0) is 30.9 Å². The van der Waals surface area contributed by atoms with Gasteiger partial charge >= 0.3 is 0 Å². The molecule has 0 saturated carbocycles.